The van der Waals surface area contributed by atoms with Gasteiger partial charge in [-0.2, -0.15) is 13.2 Å². The number of aliphatic hydroxyl groups is 4. The fourth-order valence-electron chi connectivity index (χ4n) is 5.82. The summed E-state index contributed by atoms with van der Waals surface area (Å²) in [6.07, 6.45) is -10.6. The summed E-state index contributed by atoms with van der Waals surface area (Å²) in [7, 11) is 0. The van der Waals surface area contributed by atoms with Gasteiger partial charge in [-0.05, 0) is 34.9 Å². The van der Waals surface area contributed by atoms with Crippen LogP contribution >= 0.6 is 0 Å². The van der Waals surface area contributed by atoms with Gasteiger partial charge in [-0.25, -0.2) is 0 Å². The van der Waals surface area contributed by atoms with Crippen molar-refractivity contribution in [2.75, 3.05) is 18.5 Å². The molecule has 3 aromatic rings. The number of halogens is 3. The highest BCUT2D eigenvalue weighted by Gasteiger charge is 2.50. The molecule has 0 saturated carbocycles. The third kappa shape index (κ3) is 4.52. The Morgan fingerprint density at radius 1 is 0.850 bits per heavy atom. The fraction of sp³-hybridized carbons (Fsp3) is 0.379. The van der Waals surface area contributed by atoms with Gasteiger partial charge < -0.3 is 40.0 Å². The second kappa shape index (κ2) is 10.0. The number of fused-ring (bicyclic) bond motifs is 6. The maximum atomic E-state index is 12.9. The molecule has 0 radical (unpaired) electrons. The van der Waals surface area contributed by atoms with Gasteiger partial charge in [0.15, 0.2) is 5.60 Å². The summed E-state index contributed by atoms with van der Waals surface area (Å²) < 4.78 is 57.0. The van der Waals surface area contributed by atoms with Crippen molar-refractivity contribution >= 4 is 5.69 Å². The van der Waals surface area contributed by atoms with Gasteiger partial charge in [0.25, 0.3) is 0 Å². The van der Waals surface area contributed by atoms with Crippen LogP contribution in [0.4, 0.5) is 18.9 Å². The van der Waals surface area contributed by atoms with Crippen molar-refractivity contribution in [3.05, 3.63) is 88.5 Å². The molecule has 6 atom stereocenters. The molecule has 0 aromatic heterocycles. The van der Waals surface area contributed by atoms with E-state index in [1.54, 1.807) is 18.2 Å². The smallest absolute Gasteiger partial charge is 0.405 e. The summed E-state index contributed by atoms with van der Waals surface area (Å²) in [6.45, 7) is -1.40. The Balaban J connectivity index is 1.39. The highest BCUT2D eigenvalue weighted by atomic mass is 19.4. The Labute approximate surface area is 227 Å². The average Bonchev–Trinajstić information content (AvgIpc) is 3.31. The monoisotopic (exact) mass is 559 g/mol. The van der Waals surface area contributed by atoms with Crippen LogP contribution in [0.15, 0.2) is 60.7 Å². The van der Waals surface area contributed by atoms with Gasteiger partial charge in [0.1, 0.15) is 42.5 Å². The van der Waals surface area contributed by atoms with Crippen LogP contribution in [0.25, 0.3) is 0 Å². The third-order valence-electron chi connectivity index (χ3n) is 7.77. The van der Waals surface area contributed by atoms with Crippen LogP contribution in [0, 0.1) is 0 Å². The molecule has 1 unspecified atom stereocenters. The lowest BCUT2D eigenvalue weighted by molar-refractivity contribution is -0.228. The Hall–Kier alpha value is -3.19. The van der Waals surface area contributed by atoms with Crippen molar-refractivity contribution in [2.24, 2.45) is 0 Å². The molecule has 3 heterocycles. The zero-order valence-electron chi connectivity index (χ0n) is 21.1. The van der Waals surface area contributed by atoms with Gasteiger partial charge in [0, 0.05) is 29.3 Å². The van der Waals surface area contributed by atoms with Crippen LogP contribution < -0.4 is 10.1 Å². The van der Waals surface area contributed by atoms with Crippen molar-refractivity contribution in [3.8, 4) is 11.5 Å². The van der Waals surface area contributed by atoms with Gasteiger partial charge in [0.2, 0.25) is 0 Å². The maximum absolute atomic E-state index is 12.9. The zero-order chi connectivity index (χ0) is 28.2. The van der Waals surface area contributed by atoms with Gasteiger partial charge in [0.05, 0.1) is 19.3 Å². The summed E-state index contributed by atoms with van der Waals surface area (Å²) in [5.41, 5.74) is 3.09. The molecule has 0 bridgehead atoms. The molecule has 1 spiro atoms. The lowest BCUT2D eigenvalue weighted by atomic mass is 9.77. The summed E-state index contributed by atoms with van der Waals surface area (Å²) in [4.78, 5) is 0. The first-order valence-electron chi connectivity index (χ1n) is 12.9. The van der Waals surface area contributed by atoms with Crippen LogP contribution in [-0.2, 0) is 28.1 Å². The molecule has 6 rings (SSSR count). The molecule has 1 saturated heterocycles. The third-order valence-corrected chi connectivity index (χ3v) is 7.77. The zero-order valence-corrected chi connectivity index (χ0v) is 21.1. The average molecular weight is 560 g/mol. The summed E-state index contributed by atoms with van der Waals surface area (Å²) in [5, 5.41) is 42.7. The number of hydrogen-bond acceptors (Lipinski definition) is 8. The molecule has 3 aromatic carbocycles. The fourth-order valence-corrected chi connectivity index (χ4v) is 5.82. The molecule has 40 heavy (non-hydrogen) atoms. The normalized spacial score (nSPS) is 28.9. The van der Waals surface area contributed by atoms with Crippen molar-refractivity contribution in [1.82, 2.24) is 0 Å². The van der Waals surface area contributed by atoms with E-state index in [1.807, 2.05) is 36.4 Å². The largest absolute Gasteiger partial charge is 0.456 e. The van der Waals surface area contributed by atoms with Gasteiger partial charge >= 0.3 is 6.18 Å². The first kappa shape index (κ1) is 27.0. The molecule has 8 nitrogen and oxygen atoms in total. The minimum Gasteiger partial charge on any atom is -0.456 e. The van der Waals surface area contributed by atoms with Crippen molar-refractivity contribution in [3.63, 3.8) is 0 Å². The molecule has 0 aliphatic carbocycles. The van der Waals surface area contributed by atoms with Crippen LogP contribution in [0.3, 0.4) is 0 Å². The second-order valence-electron chi connectivity index (χ2n) is 10.3. The van der Waals surface area contributed by atoms with Crippen molar-refractivity contribution < 1.29 is 47.8 Å². The number of nitrogens with one attached hydrogen (secondary N) is 1. The number of anilines is 1. The topological polar surface area (TPSA) is 121 Å². The summed E-state index contributed by atoms with van der Waals surface area (Å²) >= 11 is 0. The van der Waals surface area contributed by atoms with Crippen LogP contribution in [0.1, 0.15) is 27.8 Å². The molecule has 5 N–H and O–H groups in total. The number of ether oxygens (including phenoxy) is 3. The Kier molecular flexibility index (Phi) is 6.76. The minimum atomic E-state index is -4.39. The van der Waals surface area contributed by atoms with Gasteiger partial charge in [-0.1, -0.05) is 36.4 Å². The number of rotatable bonds is 5. The number of alkyl halides is 3. The molecular weight excluding hydrogens is 531 g/mol. The Morgan fingerprint density at radius 3 is 2.30 bits per heavy atom. The molecule has 11 heteroatoms. The first-order valence-corrected chi connectivity index (χ1v) is 12.9. The first-order chi connectivity index (χ1) is 19.1. The predicted octanol–water partition coefficient (Wildman–Crippen LogP) is 2.97. The standard InChI is InChI=1S/C29H28F3NO7/c30-28(31,32)14-33-17-6-8-20-22(11-17)39-21-9-15(10-23-25(35)27(37)26(36)24(12-34)40-23)5-7-19(21)29(20)18-4-2-1-3-16(18)13-38-29/h1-9,11,23-27,33-37H,10,12-14H2/t23-,24-,25-,26-,27-,29?/m1/s1. The van der Waals surface area contributed by atoms with E-state index in [-0.39, 0.29) is 12.1 Å². The van der Waals surface area contributed by atoms with Crippen LogP contribution in [0.2, 0.25) is 0 Å². The Bertz CT molecular complexity index is 1410. The molecule has 3 aliphatic rings. The van der Waals surface area contributed by atoms with E-state index >= 15 is 0 Å². The lowest BCUT2D eigenvalue weighted by Gasteiger charge is -2.40. The van der Waals surface area contributed by atoms with Crippen LogP contribution in [0.5, 0.6) is 11.5 Å². The van der Waals surface area contributed by atoms with Crippen molar-refractivity contribution in [2.45, 2.75) is 55.3 Å². The molecular formula is C29H28F3NO7. The predicted molar refractivity (Wildman–Crippen MR) is 136 cm³/mol. The quantitative estimate of drug-likeness (QED) is 0.324. The highest BCUT2D eigenvalue weighted by molar-refractivity contribution is 5.67. The highest BCUT2D eigenvalue weighted by Crippen LogP contribution is 2.56. The lowest BCUT2D eigenvalue weighted by Crippen LogP contribution is -2.59. The molecule has 3 aliphatic heterocycles. The minimum absolute atomic E-state index is 0.128. The number of benzene rings is 3. The molecule has 0 amide bonds. The molecule has 212 valence electrons. The van der Waals surface area contributed by atoms with E-state index in [9.17, 15) is 33.6 Å². The van der Waals surface area contributed by atoms with E-state index in [1.165, 1.54) is 6.07 Å². The molecule has 1 fully saturated rings. The maximum Gasteiger partial charge on any atom is 0.405 e. The summed E-state index contributed by atoms with van der Waals surface area (Å²) in [6, 6.07) is 17.9. The summed E-state index contributed by atoms with van der Waals surface area (Å²) in [5.74, 6) is 0.751. The van der Waals surface area contributed by atoms with E-state index in [0.717, 1.165) is 11.1 Å². The van der Waals surface area contributed by atoms with E-state index in [4.69, 9.17) is 14.2 Å². The number of aliphatic hydroxyl groups excluding tert-OH is 4. The van der Waals surface area contributed by atoms with Gasteiger partial charge in [-0.15, -0.1) is 0 Å². The van der Waals surface area contributed by atoms with E-state index < -0.39 is 55.4 Å². The van der Waals surface area contributed by atoms with Crippen molar-refractivity contribution in [1.29, 1.82) is 0 Å². The van der Waals surface area contributed by atoms with Crippen LogP contribution in [-0.4, -0.2) is 70.3 Å². The van der Waals surface area contributed by atoms with E-state index in [2.05, 4.69) is 5.32 Å². The number of hydrogen-bond donors (Lipinski definition) is 5. The Morgan fingerprint density at radius 2 is 1.55 bits per heavy atom. The SMILES string of the molecule is OC[C@H]1O[C@H](Cc2ccc3c(c2)Oc2cc(NCC(F)(F)F)ccc2C32OCc3ccccc32)[C@@H](O)[C@@H](O)[C@@H]1O. The second-order valence-corrected chi connectivity index (χ2v) is 10.3. The van der Waals surface area contributed by atoms with Gasteiger partial charge in [-0.3, -0.25) is 0 Å². The van der Waals surface area contributed by atoms with E-state index in [0.29, 0.717) is 34.8 Å².